The molecular formula is C46H47N5O5. The van der Waals surface area contributed by atoms with Gasteiger partial charge in [0.2, 0.25) is 11.8 Å². The van der Waals surface area contributed by atoms with E-state index in [0.29, 0.717) is 34.8 Å². The summed E-state index contributed by atoms with van der Waals surface area (Å²) >= 11 is 0. The maximum atomic E-state index is 13.3. The number of piperidine rings is 2. The zero-order valence-corrected chi connectivity index (χ0v) is 31.5. The molecule has 5 heterocycles. The molecule has 3 atom stereocenters. The average molecular weight is 750 g/mol. The fourth-order valence-corrected chi connectivity index (χ4v) is 10.5. The third kappa shape index (κ3) is 6.19. The summed E-state index contributed by atoms with van der Waals surface area (Å²) < 4.78 is 0. The number of hydrogen-bond donors (Lipinski definition) is 2. The van der Waals surface area contributed by atoms with E-state index in [2.05, 4.69) is 80.7 Å². The van der Waals surface area contributed by atoms with E-state index in [4.69, 9.17) is 0 Å². The largest absolute Gasteiger partial charge is 0.508 e. The average Bonchev–Trinajstić information content (AvgIpc) is 3.72. The Kier molecular flexibility index (Phi) is 8.78. The Balaban J connectivity index is 0.724. The minimum absolute atomic E-state index is 0.114. The highest BCUT2D eigenvalue weighted by Crippen LogP contribution is 2.47. The smallest absolute Gasteiger partial charge is 0.262 e. The Hall–Kier alpha value is -5.32. The molecule has 10 rings (SSSR count). The third-order valence-electron chi connectivity index (χ3n) is 13.5. The molecule has 6 aliphatic rings. The number of carbonyl (C=O) groups is 4. The lowest BCUT2D eigenvalue weighted by molar-refractivity contribution is -0.136. The monoisotopic (exact) mass is 749 g/mol. The number of amides is 4. The van der Waals surface area contributed by atoms with Crippen LogP contribution in [0.5, 0.6) is 5.75 Å². The summed E-state index contributed by atoms with van der Waals surface area (Å²) in [7, 11) is 0. The molecule has 0 bridgehead atoms. The summed E-state index contributed by atoms with van der Waals surface area (Å²) in [6, 6.07) is 29.3. The maximum absolute atomic E-state index is 13.3. The van der Waals surface area contributed by atoms with Crippen molar-refractivity contribution in [2.24, 2.45) is 5.92 Å². The van der Waals surface area contributed by atoms with E-state index in [0.717, 1.165) is 74.7 Å². The first-order valence-electron chi connectivity index (χ1n) is 20.3. The van der Waals surface area contributed by atoms with Crippen LogP contribution in [0.4, 0.5) is 5.69 Å². The lowest BCUT2D eigenvalue weighted by Gasteiger charge is -2.46. The summed E-state index contributed by atoms with van der Waals surface area (Å²) in [5.74, 6) is -0.163. The van der Waals surface area contributed by atoms with Crippen molar-refractivity contribution in [1.82, 2.24) is 20.0 Å². The number of anilines is 1. The van der Waals surface area contributed by atoms with Crippen LogP contribution >= 0.6 is 0 Å². The summed E-state index contributed by atoms with van der Waals surface area (Å²) in [6.45, 7) is 6.81. The number of nitrogens with one attached hydrogen (secondary N) is 1. The number of nitrogens with zero attached hydrogens (tertiary/aromatic N) is 4. The molecule has 0 spiro atoms. The van der Waals surface area contributed by atoms with Crippen LogP contribution in [0.25, 0.3) is 0 Å². The SMILES string of the molecule is O=C1CCC(N2C(=O)c3cc4c(cc3C2=O)CN(C2CN(CC3CCN(c5ccc(C6c7ccc(O)cc7CCC6c6ccccc6)cc5)CC3)C2)C4)C(=O)N1. The standard InChI is InChI=1S/C46H47N5O5/c52-36-11-13-38-31(20-36)8-12-37(29-4-2-1-3-5-29)43(38)30-6-9-34(10-7-30)49-18-16-28(17-19-49)23-48-26-35(27-48)50-24-32-21-39-40(22-33(32)25-50)46(56)51(45(39)55)41-14-15-42(53)47-44(41)54/h1-7,9-11,13,20-22,28,35,37,41,43,52H,8,12,14-19,23-27H2,(H,47,53,54). The molecular weight excluding hydrogens is 703 g/mol. The number of benzene rings is 4. The van der Waals surface area contributed by atoms with Gasteiger partial charge in [-0.25, -0.2) is 0 Å². The van der Waals surface area contributed by atoms with Crippen molar-refractivity contribution in [3.05, 3.63) is 129 Å². The summed E-state index contributed by atoms with van der Waals surface area (Å²) in [6.07, 6.45) is 4.67. The van der Waals surface area contributed by atoms with Gasteiger partial charge < -0.3 is 10.0 Å². The molecule has 4 amide bonds. The highest BCUT2D eigenvalue weighted by Gasteiger charge is 2.46. The van der Waals surface area contributed by atoms with Gasteiger partial charge in [-0.1, -0.05) is 48.5 Å². The summed E-state index contributed by atoms with van der Waals surface area (Å²) in [4.78, 5) is 59.4. The Labute approximate surface area is 327 Å². The molecule has 56 heavy (non-hydrogen) atoms. The summed E-state index contributed by atoms with van der Waals surface area (Å²) in [5, 5.41) is 12.5. The van der Waals surface area contributed by atoms with Crippen LogP contribution in [0.3, 0.4) is 0 Å². The topological polar surface area (TPSA) is 114 Å². The molecule has 10 heteroatoms. The number of aromatic hydroxyl groups is 1. The van der Waals surface area contributed by atoms with Crippen molar-refractivity contribution >= 4 is 29.3 Å². The number of aryl methyl sites for hydroxylation is 1. The van der Waals surface area contributed by atoms with Crippen molar-refractivity contribution in [3.63, 3.8) is 0 Å². The van der Waals surface area contributed by atoms with Gasteiger partial charge in [0.15, 0.2) is 0 Å². The van der Waals surface area contributed by atoms with Gasteiger partial charge in [0, 0.05) is 69.9 Å². The van der Waals surface area contributed by atoms with E-state index in [1.54, 1.807) is 0 Å². The van der Waals surface area contributed by atoms with Crippen molar-refractivity contribution < 1.29 is 24.3 Å². The molecule has 2 N–H and O–H groups in total. The molecule has 5 aliphatic heterocycles. The van der Waals surface area contributed by atoms with Gasteiger partial charge in [-0.05, 0) is 114 Å². The molecule has 286 valence electrons. The Morgan fingerprint density at radius 1 is 0.696 bits per heavy atom. The molecule has 4 aromatic carbocycles. The Morgan fingerprint density at radius 3 is 2.07 bits per heavy atom. The van der Waals surface area contributed by atoms with E-state index >= 15 is 0 Å². The normalized spacial score (nSPS) is 24.5. The van der Waals surface area contributed by atoms with E-state index in [-0.39, 0.29) is 24.7 Å². The predicted molar refractivity (Wildman–Crippen MR) is 211 cm³/mol. The predicted octanol–water partition coefficient (Wildman–Crippen LogP) is 5.57. The van der Waals surface area contributed by atoms with Gasteiger partial charge in [0.1, 0.15) is 11.8 Å². The highest BCUT2D eigenvalue weighted by atomic mass is 16.3. The minimum Gasteiger partial charge on any atom is -0.508 e. The lowest BCUT2D eigenvalue weighted by Crippen LogP contribution is -2.59. The summed E-state index contributed by atoms with van der Waals surface area (Å²) in [5.41, 5.74) is 9.48. The van der Waals surface area contributed by atoms with E-state index < -0.39 is 23.8 Å². The third-order valence-corrected chi connectivity index (χ3v) is 13.5. The zero-order chi connectivity index (χ0) is 38.1. The van der Waals surface area contributed by atoms with Crippen molar-refractivity contribution in [1.29, 1.82) is 0 Å². The molecule has 0 saturated carbocycles. The van der Waals surface area contributed by atoms with Crippen molar-refractivity contribution in [2.75, 3.05) is 37.6 Å². The van der Waals surface area contributed by atoms with Crippen molar-refractivity contribution in [2.45, 2.75) is 75.5 Å². The van der Waals surface area contributed by atoms with Crippen LogP contribution in [-0.4, -0.2) is 88.2 Å². The van der Waals surface area contributed by atoms with Crippen LogP contribution < -0.4 is 10.2 Å². The van der Waals surface area contributed by atoms with Gasteiger partial charge in [-0.2, -0.15) is 0 Å². The molecule has 10 nitrogen and oxygen atoms in total. The van der Waals surface area contributed by atoms with Gasteiger partial charge in [-0.15, -0.1) is 0 Å². The van der Waals surface area contributed by atoms with Crippen LogP contribution in [0.15, 0.2) is 84.9 Å². The number of carbonyl (C=O) groups excluding carboxylic acids is 4. The second-order valence-corrected chi connectivity index (χ2v) is 16.8. The number of likely N-dealkylation sites (tertiary alicyclic amines) is 1. The maximum Gasteiger partial charge on any atom is 0.262 e. The first-order chi connectivity index (χ1) is 27.3. The lowest BCUT2D eigenvalue weighted by atomic mass is 9.69. The van der Waals surface area contributed by atoms with Gasteiger partial charge in [0.05, 0.1) is 11.1 Å². The highest BCUT2D eigenvalue weighted by molar-refractivity contribution is 6.23. The molecule has 0 radical (unpaired) electrons. The number of rotatable bonds is 7. The molecule has 3 unspecified atom stereocenters. The number of fused-ring (bicyclic) bond motifs is 3. The number of phenolic OH excluding ortho intramolecular Hbond substituents is 1. The van der Waals surface area contributed by atoms with Crippen molar-refractivity contribution in [3.8, 4) is 5.75 Å². The molecule has 3 fully saturated rings. The van der Waals surface area contributed by atoms with E-state index in [9.17, 15) is 24.3 Å². The fourth-order valence-electron chi connectivity index (χ4n) is 10.5. The van der Waals surface area contributed by atoms with E-state index in [1.807, 2.05) is 24.3 Å². The Morgan fingerprint density at radius 2 is 1.39 bits per heavy atom. The number of imide groups is 2. The minimum atomic E-state index is -0.941. The van der Waals surface area contributed by atoms with Gasteiger partial charge >= 0.3 is 0 Å². The van der Waals surface area contributed by atoms with Gasteiger partial charge in [0.25, 0.3) is 11.8 Å². The fraction of sp³-hybridized carbons (Fsp3) is 0.391. The number of hydrogen-bond acceptors (Lipinski definition) is 8. The van der Waals surface area contributed by atoms with Crippen LogP contribution in [-0.2, 0) is 29.1 Å². The van der Waals surface area contributed by atoms with Crippen LogP contribution in [0.1, 0.15) is 98.0 Å². The van der Waals surface area contributed by atoms with Gasteiger partial charge in [-0.3, -0.25) is 39.2 Å². The second-order valence-electron chi connectivity index (χ2n) is 16.8. The molecule has 1 aliphatic carbocycles. The quantitative estimate of drug-likeness (QED) is 0.236. The first kappa shape index (κ1) is 35.1. The zero-order valence-electron chi connectivity index (χ0n) is 31.5. The second kappa shape index (κ2) is 14.0. The molecule has 0 aromatic heterocycles. The first-order valence-corrected chi connectivity index (χ1v) is 20.3. The van der Waals surface area contributed by atoms with Crippen LogP contribution in [0, 0.1) is 5.92 Å². The molecule has 3 saturated heterocycles. The molecule has 4 aromatic rings. The number of phenols is 1. The van der Waals surface area contributed by atoms with E-state index in [1.165, 1.54) is 40.8 Å². The van der Waals surface area contributed by atoms with Crippen LogP contribution in [0.2, 0.25) is 0 Å². The Bertz CT molecular complexity index is 2180.